The minimum Gasteiger partial charge on any atom is -0.369 e. The molecule has 158 valence electrons. The zero-order valence-corrected chi connectivity index (χ0v) is 18.6. The van der Waals surface area contributed by atoms with Gasteiger partial charge in [-0.05, 0) is 37.7 Å². The van der Waals surface area contributed by atoms with Crippen LogP contribution < -0.4 is 10.6 Å². The molecule has 2 heterocycles. The number of aryl methyl sites for hydroxylation is 1. The standard InChI is InChI=1S/C24H30N4OS/c1-16-9-6-7-12-19(16)28-20(29)13-8-14-25-23-22-21(18-10-4-3-5-11-18)17(2)30-24(22)27-15-26-23/h3-5,10-11,15-16,19H,6-9,12-14H2,1-2H3,(H,28,29)(H,25,26,27). The number of aromatic nitrogens is 2. The molecule has 1 fully saturated rings. The summed E-state index contributed by atoms with van der Waals surface area (Å²) in [6, 6.07) is 10.7. The Morgan fingerprint density at radius 1 is 1.17 bits per heavy atom. The third kappa shape index (κ3) is 4.64. The number of thiophene rings is 1. The first-order chi connectivity index (χ1) is 14.6. The van der Waals surface area contributed by atoms with Gasteiger partial charge in [-0.3, -0.25) is 4.79 Å². The third-order valence-corrected chi connectivity index (χ3v) is 7.07. The fraction of sp³-hybridized carbons (Fsp3) is 0.458. The van der Waals surface area contributed by atoms with E-state index in [1.807, 2.05) is 6.07 Å². The highest BCUT2D eigenvalue weighted by molar-refractivity contribution is 7.19. The molecule has 1 amide bonds. The summed E-state index contributed by atoms with van der Waals surface area (Å²) in [7, 11) is 0. The number of anilines is 1. The topological polar surface area (TPSA) is 66.9 Å². The van der Waals surface area contributed by atoms with E-state index >= 15 is 0 Å². The van der Waals surface area contributed by atoms with Crippen molar-refractivity contribution in [1.82, 2.24) is 15.3 Å². The quantitative estimate of drug-likeness (QED) is 0.490. The van der Waals surface area contributed by atoms with Crippen molar-refractivity contribution < 1.29 is 4.79 Å². The number of rotatable bonds is 7. The fourth-order valence-corrected chi connectivity index (χ4v) is 5.41. The van der Waals surface area contributed by atoms with Gasteiger partial charge < -0.3 is 10.6 Å². The maximum atomic E-state index is 12.4. The number of carbonyl (C=O) groups excluding carboxylic acids is 1. The van der Waals surface area contributed by atoms with Gasteiger partial charge in [0.05, 0.1) is 5.39 Å². The van der Waals surface area contributed by atoms with Crippen LogP contribution in [0.1, 0.15) is 50.3 Å². The SMILES string of the molecule is Cc1sc2ncnc(NCCCC(=O)NC3CCCCC3C)c2c1-c1ccccc1. The van der Waals surface area contributed by atoms with Crippen molar-refractivity contribution in [2.45, 2.75) is 58.4 Å². The van der Waals surface area contributed by atoms with E-state index in [0.717, 1.165) is 28.9 Å². The van der Waals surface area contributed by atoms with Gasteiger partial charge in [0.25, 0.3) is 0 Å². The van der Waals surface area contributed by atoms with Gasteiger partial charge in [0.2, 0.25) is 5.91 Å². The highest BCUT2D eigenvalue weighted by atomic mass is 32.1. The molecule has 30 heavy (non-hydrogen) atoms. The van der Waals surface area contributed by atoms with Crippen molar-refractivity contribution in [3.05, 3.63) is 41.5 Å². The monoisotopic (exact) mass is 422 g/mol. The average molecular weight is 423 g/mol. The number of benzene rings is 1. The Hall–Kier alpha value is -2.47. The molecule has 2 atom stereocenters. The van der Waals surface area contributed by atoms with Gasteiger partial charge in [0.15, 0.2) is 0 Å². The summed E-state index contributed by atoms with van der Waals surface area (Å²) in [4.78, 5) is 23.6. The lowest BCUT2D eigenvalue weighted by Gasteiger charge is -2.29. The van der Waals surface area contributed by atoms with Crippen molar-refractivity contribution in [3.63, 3.8) is 0 Å². The molecule has 0 radical (unpaired) electrons. The van der Waals surface area contributed by atoms with Crippen LogP contribution in [0.5, 0.6) is 0 Å². The van der Waals surface area contributed by atoms with E-state index in [1.54, 1.807) is 17.7 Å². The second-order valence-electron chi connectivity index (χ2n) is 8.27. The van der Waals surface area contributed by atoms with Gasteiger partial charge in [0, 0.05) is 29.4 Å². The molecule has 0 aliphatic heterocycles. The zero-order valence-electron chi connectivity index (χ0n) is 17.8. The molecule has 1 saturated carbocycles. The van der Waals surface area contributed by atoms with E-state index in [4.69, 9.17) is 0 Å². The maximum absolute atomic E-state index is 12.4. The van der Waals surface area contributed by atoms with Gasteiger partial charge in [-0.1, -0.05) is 50.1 Å². The van der Waals surface area contributed by atoms with Crippen molar-refractivity contribution in [1.29, 1.82) is 0 Å². The van der Waals surface area contributed by atoms with E-state index in [1.165, 1.54) is 35.3 Å². The van der Waals surface area contributed by atoms with E-state index in [2.05, 4.69) is 58.7 Å². The summed E-state index contributed by atoms with van der Waals surface area (Å²) in [5, 5.41) is 7.77. The van der Waals surface area contributed by atoms with Crippen molar-refractivity contribution in [2.24, 2.45) is 5.92 Å². The highest BCUT2D eigenvalue weighted by Crippen LogP contribution is 2.40. The number of hydrogen-bond acceptors (Lipinski definition) is 5. The molecule has 0 bridgehead atoms. The summed E-state index contributed by atoms with van der Waals surface area (Å²) < 4.78 is 0. The minimum atomic E-state index is 0.166. The third-order valence-electron chi connectivity index (χ3n) is 6.06. The van der Waals surface area contributed by atoms with Crippen molar-refractivity contribution >= 4 is 33.3 Å². The summed E-state index contributed by atoms with van der Waals surface area (Å²) in [6.07, 6.45) is 7.79. The van der Waals surface area contributed by atoms with Crippen LogP contribution in [0.4, 0.5) is 5.82 Å². The molecule has 1 aliphatic carbocycles. The Balaban J connectivity index is 1.39. The molecule has 3 aromatic rings. The van der Waals surface area contributed by atoms with Gasteiger partial charge in [0.1, 0.15) is 17.0 Å². The summed E-state index contributed by atoms with van der Waals surface area (Å²) >= 11 is 1.70. The zero-order chi connectivity index (χ0) is 20.9. The predicted molar refractivity (Wildman–Crippen MR) is 125 cm³/mol. The number of nitrogens with zero attached hydrogens (tertiary/aromatic N) is 2. The van der Waals surface area contributed by atoms with Crippen LogP contribution in [0.15, 0.2) is 36.7 Å². The number of amides is 1. The highest BCUT2D eigenvalue weighted by Gasteiger charge is 2.22. The molecule has 2 aromatic heterocycles. The first kappa shape index (κ1) is 20.8. The Labute approximate surface area is 182 Å². The summed E-state index contributed by atoms with van der Waals surface area (Å²) in [6.45, 7) is 5.09. The van der Waals surface area contributed by atoms with E-state index in [9.17, 15) is 4.79 Å². The average Bonchev–Trinajstić information content (AvgIpc) is 3.10. The van der Waals surface area contributed by atoms with Gasteiger partial charge in [-0.15, -0.1) is 11.3 Å². The first-order valence-electron chi connectivity index (χ1n) is 11.0. The molecule has 5 nitrogen and oxygen atoms in total. The molecular weight excluding hydrogens is 392 g/mol. The number of fused-ring (bicyclic) bond motifs is 1. The van der Waals surface area contributed by atoms with Gasteiger partial charge in [-0.2, -0.15) is 0 Å². The van der Waals surface area contributed by atoms with Crippen molar-refractivity contribution in [3.8, 4) is 11.1 Å². The molecule has 0 spiro atoms. The van der Waals surface area contributed by atoms with Crippen LogP contribution in [-0.4, -0.2) is 28.5 Å². The Morgan fingerprint density at radius 2 is 1.97 bits per heavy atom. The molecule has 6 heteroatoms. The lowest BCUT2D eigenvalue weighted by Crippen LogP contribution is -2.41. The van der Waals surface area contributed by atoms with Crippen LogP contribution in [0.25, 0.3) is 21.3 Å². The van der Waals surface area contributed by atoms with Crippen LogP contribution in [-0.2, 0) is 4.79 Å². The van der Waals surface area contributed by atoms with Gasteiger partial charge >= 0.3 is 0 Å². The first-order valence-corrected chi connectivity index (χ1v) is 11.8. The molecule has 1 aromatic carbocycles. The van der Waals surface area contributed by atoms with Crippen LogP contribution in [0, 0.1) is 12.8 Å². The fourth-order valence-electron chi connectivity index (χ4n) is 4.40. The summed E-state index contributed by atoms with van der Waals surface area (Å²) in [5.41, 5.74) is 2.38. The molecular formula is C24H30N4OS. The van der Waals surface area contributed by atoms with E-state index < -0.39 is 0 Å². The molecule has 2 N–H and O–H groups in total. The minimum absolute atomic E-state index is 0.166. The normalized spacial score (nSPS) is 19.0. The largest absolute Gasteiger partial charge is 0.369 e. The molecule has 4 rings (SSSR count). The summed E-state index contributed by atoms with van der Waals surface area (Å²) in [5.74, 6) is 1.61. The Kier molecular flexibility index (Phi) is 6.62. The number of nitrogens with one attached hydrogen (secondary N) is 2. The van der Waals surface area contributed by atoms with Crippen LogP contribution in [0.3, 0.4) is 0 Å². The van der Waals surface area contributed by atoms with Gasteiger partial charge in [-0.25, -0.2) is 9.97 Å². The second-order valence-corrected chi connectivity index (χ2v) is 9.47. The smallest absolute Gasteiger partial charge is 0.220 e. The van der Waals surface area contributed by atoms with Crippen LogP contribution in [0.2, 0.25) is 0 Å². The van der Waals surface area contributed by atoms with E-state index in [-0.39, 0.29) is 5.91 Å². The second kappa shape index (κ2) is 9.56. The van der Waals surface area contributed by atoms with E-state index in [0.29, 0.717) is 24.9 Å². The molecule has 0 saturated heterocycles. The molecule has 2 unspecified atom stereocenters. The predicted octanol–water partition coefficient (Wildman–Crippen LogP) is 5.55. The number of carbonyl (C=O) groups is 1. The van der Waals surface area contributed by atoms with Crippen molar-refractivity contribution in [2.75, 3.05) is 11.9 Å². The van der Waals surface area contributed by atoms with Crippen LogP contribution >= 0.6 is 11.3 Å². The maximum Gasteiger partial charge on any atom is 0.220 e. The Morgan fingerprint density at radius 3 is 2.77 bits per heavy atom. The lowest BCUT2D eigenvalue weighted by molar-refractivity contribution is -0.122. The number of hydrogen-bond donors (Lipinski definition) is 2. The Bertz CT molecular complexity index is 1000. The lowest BCUT2D eigenvalue weighted by atomic mass is 9.86. The molecule has 1 aliphatic rings.